The Hall–Kier alpha value is -1.97. The predicted molar refractivity (Wildman–Crippen MR) is 81.5 cm³/mol. The van der Waals surface area contributed by atoms with Crippen molar-refractivity contribution in [2.45, 2.75) is 6.04 Å². The van der Waals surface area contributed by atoms with Gasteiger partial charge in [0.1, 0.15) is 12.0 Å². The minimum atomic E-state index is -0.927. The van der Waals surface area contributed by atoms with Crippen LogP contribution in [-0.2, 0) is 19.1 Å². The Bertz CT molecular complexity index is 670. The molecule has 3 rings (SSSR count). The van der Waals surface area contributed by atoms with Crippen molar-refractivity contribution in [3.63, 3.8) is 0 Å². The number of benzene rings is 1. The molecule has 108 valence electrons. The Kier molecular flexibility index (Phi) is 3.40. The van der Waals surface area contributed by atoms with E-state index in [-0.39, 0.29) is 5.71 Å². The van der Waals surface area contributed by atoms with Crippen LogP contribution in [0.2, 0.25) is 0 Å². The number of carbonyl (C=O) groups excluding carboxylic acids is 3. The average Bonchev–Trinajstić information content (AvgIpc) is 3.01. The van der Waals surface area contributed by atoms with Gasteiger partial charge in [-0.3, -0.25) is 15.0 Å². The van der Waals surface area contributed by atoms with Crippen LogP contribution in [0.3, 0.4) is 0 Å². The second-order valence-corrected chi connectivity index (χ2v) is 5.81. The fourth-order valence-electron chi connectivity index (χ4n) is 2.41. The van der Waals surface area contributed by atoms with Gasteiger partial charge in [-0.15, -0.1) is 0 Å². The van der Waals surface area contributed by atoms with E-state index in [0.717, 1.165) is 8.47 Å². The number of carbonyl (C=O) groups is 3. The van der Waals surface area contributed by atoms with Crippen LogP contribution in [0.4, 0.5) is 5.69 Å². The number of nitrogens with zero attached hydrogens (tertiary/aromatic N) is 2. The van der Waals surface area contributed by atoms with Crippen LogP contribution in [0, 0.1) is 9.49 Å². The number of hydrogen-bond acceptors (Lipinski definition) is 6. The van der Waals surface area contributed by atoms with Crippen molar-refractivity contribution in [2.75, 3.05) is 12.0 Å². The number of esters is 1. The van der Waals surface area contributed by atoms with E-state index in [1.165, 1.54) is 7.11 Å². The van der Waals surface area contributed by atoms with Crippen LogP contribution in [0.1, 0.15) is 0 Å². The monoisotopic (exact) mass is 399 g/mol. The summed E-state index contributed by atoms with van der Waals surface area (Å²) < 4.78 is 5.58. The van der Waals surface area contributed by atoms with Crippen LogP contribution in [0.15, 0.2) is 29.4 Å². The van der Waals surface area contributed by atoms with Crippen molar-refractivity contribution in [1.82, 2.24) is 5.43 Å². The minimum absolute atomic E-state index is 0.0612. The molecule has 1 aromatic carbocycles. The first kappa shape index (κ1) is 14.0. The van der Waals surface area contributed by atoms with E-state index in [1.807, 2.05) is 0 Å². The second kappa shape index (κ2) is 5.10. The average molecular weight is 399 g/mol. The van der Waals surface area contributed by atoms with Crippen LogP contribution < -0.4 is 10.3 Å². The lowest BCUT2D eigenvalue weighted by Crippen LogP contribution is -2.36. The highest BCUT2D eigenvalue weighted by Crippen LogP contribution is 2.30. The third-order valence-corrected chi connectivity index (χ3v) is 4.12. The lowest BCUT2D eigenvalue weighted by molar-refractivity contribution is -0.133. The Balaban J connectivity index is 1.95. The van der Waals surface area contributed by atoms with Gasteiger partial charge in [0, 0.05) is 3.57 Å². The summed E-state index contributed by atoms with van der Waals surface area (Å²) >= 11 is 2.13. The molecule has 0 aliphatic carbocycles. The van der Waals surface area contributed by atoms with Crippen LogP contribution >= 0.6 is 22.6 Å². The van der Waals surface area contributed by atoms with Gasteiger partial charge in [-0.25, -0.2) is 9.69 Å². The van der Waals surface area contributed by atoms with Crippen molar-refractivity contribution in [3.8, 4) is 0 Å². The van der Waals surface area contributed by atoms with E-state index in [4.69, 9.17) is 0 Å². The van der Waals surface area contributed by atoms with Crippen molar-refractivity contribution in [3.05, 3.63) is 27.8 Å². The number of anilines is 1. The SMILES string of the molecule is COC(=O)C1=NN[C@@H]2C(=O)N(c3ccc(I)cc3)C(=O)[C@@H]12. The van der Waals surface area contributed by atoms with Crippen molar-refractivity contribution in [2.24, 2.45) is 11.0 Å². The highest BCUT2D eigenvalue weighted by Gasteiger charge is 2.55. The molecule has 7 nitrogen and oxygen atoms in total. The molecular weight excluding hydrogens is 389 g/mol. The summed E-state index contributed by atoms with van der Waals surface area (Å²) in [6, 6.07) is 6.13. The van der Waals surface area contributed by atoms with Gasteiger partial charge >= 0.3 is 5.97 Å². The molecule has 2 atom stereocenters. The van der Waals surface area contributed by atoms with E-state index in [9.17, 15) is 14.4 Å². The molecule has 1 saturated heterocycles. The van der Waals surface area contributed by atoms with Gasteiger partial charge in [-0.2, -0.15) is 5.10 Å². The van der Waals surface area contributed by atoms with Gasteiger partial charge < -0.3 is 4.74 Å². The zero-order valence-electron chi connectivity index (χ0n) is 10.9. The lowest BCUT2D eigenvalue weighted by atomic mass is 9.99. The molecule has 1 N–H and O–H groups in total. The van der Waals surface area contributed by atoms with Gasteiger partial charge in [0.15, 0.2) is 5.71 Å². The van der Waals surface area contributed by atoms with Crippen molar-refractivity contribution < 1.29 is 19.1 Å². The van der Waals surface area contributed by atoms with E-state index < -0.39 is 29.7 Å². The molecule has 0 saturated carbocycles. The summed E-state index contributed by atoms with van der Waals surface area (Å²) in [6.07, 6.45) is 0. The van der Waals surface area contributed by atoms with Crippen LogP contribution in [0.25, 0.3) is 0 Å². The molecule has 2 amide bonds. The number of ether oxygens (including phenoxy) is 1. The van der Waals surface area contributed by atoms with Gasteiger partial charge in [0.05, 0.1) is 12.8 Å². The van der Waals surface area contributed by atoms with Gasteiger partial charge in [-0.05, 0) is 46.9 Å². The highest BCUT2D eigenvalue weighted by molar-refractivity contribution is 14.1. The summed E-state index contributed by atoms with van der Waals surface area (Å²) in [4.78, 5) is 37.5. The molecule has 0 unspecified atom stereocenters. The van der Waals surface area contributed by atoms with Gasteiger partial charge in [0.25, 0.3) is 5.91 Å². The van der Waals surface area contributed by atoms with Crippen molar-refractivity contribution >= 4 is 51.8 Å². The number of methoxy groups -OCH3 is 1. The molecule has 1 aromatic rings. The smallest absolute Gasteiger partial charge is 0.355 e. The van der Waals surface area contributed by atoms with Gasteiger partial charge in [-0.1, -0.05) is 0 Å². The molecule has 8 heteroatoms. The quantitative estimate of drug-likeness (QED) is 0.439. The fourth-order valence-corrected chi connectivity index (χ4v) is 2.77. The highest BCUT2D eigenvalue weighted by atomic mass is 127. The summed E-state index contributed by atoms with van der Waals surface area (Å²) in [6.45, 7) is 0. The number of amides is 2. The second-order valence-electron chi connectivity index (χ2n) is 4.56. The van der Waals surface area contributed by atoms with E-state index in [2.05, 4.69) is 37.9 Å². The maximum Gasteiger partial charge on any atom is 0.355 e. The predicted octanol–water partition coefficient (Wildman–Crippen LogP) is 0.281. The van der Waals surface area contributed by atoms with Crippen LogP contribution in [-0.4, -0.2) is 36.6 Å². The minimum Gasteiger partial charge on any atom is -0.464 e. The molecule has 21 heavy (non-hydrogen) atoms. The Labute approximate surface area is 133 Å². The van der Waals surface area contributed by atoms with E-state index >= 15 is 0 Å². The Morgan fingerprint density at radius 3 is 2.57 bits per heavy atom. The van der Waals surface area contributed by atoms with Crippen LogP contribution in [0.5, 0.6) is 0 Å². The Morgan fingerprint density at radius 1 is 1.29 bits per heavy atom. The first-order chi connectivity index (χ1) is 10.0. The number of nitrogens with one attached hydrogen (secondary N) is 1. The number of fused-ring (bicyclic) bond motifs is 1. The third-order valence-electron chi connectivity index (χ3n) is 3.40. The molecule has 2 heterocycles. The normalized spacial score (nSPS) is 23.7. The molecule has 0 spiro atoms. The zero-order chi connectivity index (χ0) is 15.1. The first-order valence-corrected chi connectivity index (χ1v) is 7.17. The summed E-state index contributed by atoms with van der Waals surface area (Å²) in [5.41, 5.74) is 2.97. The lowest BCUT2D eigenvalue weighted by Gasteiger charge is -2.15. The number of rotatable bonds is 2. The largest absolute Gasteiger partial charge is 0.464 e. The molecule has 1 fully saturated rings. The van der Waals surface area contributed by atoms with E-state index in [0.29, 0.717) is 5.69 Å². The number of halogens is 1. The standard InChI is InChI=1S/C13H10IN3O4/c1-21-13(20)10-8-9(15-16-10)12(19)17(11(8)18)7-4-2-6(14)3-5-7/h2-5,8-9,15H,1H3/t8-,9+/m1/s1. The molecule has 0 bridgehead atoms. The molecular formula is C13H10IN3O4. The maximum atomic E-state index is 12.5. The summed E-state index contributed by atoms with van der Waals surface area (Å²) in [7, 11) is 1.20. The fraction of sp³-hybridized carbons (Fsp3) is 0.231. The first-order valence-electron chi connectivity index (χ1n) is 6.09. The molecule has 0 radical (unpaired) electrons. The topological polar surface area (TPSA) is 88.1 Å². The molecule has 2 aliphatic heterocycles. The molecule has 2 aliphatic rings. The number of hydrazone groups is 1. The van der Waals surface area contributed by atoms with Crippen molar-refractivity contribution in [1.29, 1.82) is 0 Å². The summed E-state index contributed by atoms with van der Waals surface area (Å²) in [5.74, 6) is -2.53. The van der Waals surface area contributed by atoms with E-state index in [1.54, 1.807) is 24.3 Å². The van der Waals surface area contributed by atoms with Gasteiger partial charge in [0.2, 0.25) is 5.91 Å². The Morgan fingerprint density at radius 2 is 1.95 bits per heavy atom. The number of imide groups is 1. The zero-order valence-corrected chi connectivity index (χ0v) is 13.0. The summed E-state index contributed by atoms with van der Waals surface area (Å²) in [5, 5.41) is 3.76. The maximum absolute atomic E-state index is 12.5. The number of hydrogen-bond donors (Lipinski definition) is 1. The molecule has 0 aromatic heterocycles. The third kappa shape index (κ3) is 2.09.